The van der Waals surface area contributed by atoms with Gasteiger partial charge in [-0.15, -0.1) is 12.4 Å². The molecular formula is C16H21ClN4O2. The number of rotatable bonds is 4. The van der Waals surface area contributed by atoms with E-state index >= 15 is 0 Å². The number of carbonyl (C=O) groups excluding carboxylic acids is 1. The Morgan fingerprint density at radius 3 is 2.74 bits per heavy atom. The van der Waals surface area contributed by atoms with E-state index in [0.29, 0.717) is 32.6 Å². The fourth-order valence-corrected chi connectivity index (χ4v) is 2.61. The minimum absolute atomic E-state index is 0. The summed E-state index contributed by atoms with van der Waals surface area (Å²) in [7, 11) is 0. The number of ether oxygens (including phenoxy) is 1. The van der Waals surface area contributed by atoms with Crippen LogP contribution in [0.25, 0.3) is 5.69 Å². The first-order chi connectivity index (χ1) is 10.7. The smallest absolute Gasteiger partial charge is 0.240 e. The highest BCUT2D eigenvalue weighted by Gasteiger charge is 2.35. The highest BCUT2D eigenvalue weighted by atomic mass is 35.5. The van der Waals surface area contributed by atoms with Gasteiger partial charge in [-0.2, -0.15) is 5.10 Å². The van der Waals surface area contributed by atoms with Crippen LogP contribution in [0.1, 0.15) is 18.4 Å². The second-order valence-electron chi connectivity index (χ2n) is 5.53. The Bertz CT molecular complexity index is 639. The minimum Gasteiger partial charge on any atom is -0.381 e. The molecule has 23 heavy (non-hydrogen) atoms. The Morgan fingerprint density at radius 1 is 1.30 bits per heavy atom. The molecular weight excluding hydrogens is 316 g/mol. The lowest BCUT2D eigenvalue weighted by Crippen LogP contribution is -2.56. The summed E-state index contributed by atoms with van der Waals surface area (Å²) in [4.78, 5) is 12.4. The standard InChI is InChI=1S/C16H20N4O2.ClH/c17-16(6-10-22-11-7-16)15(21)18-12-13-4-1-2-5-14(13)20-9-3-8-19-20;/h1-5,8-9H,6-7,10-12,17H2,(H,18,21);1H. The van der Waals surface area contributed by atoms with Gasteiger partial charge in [-0.25, -0.2) is 4.68 Å². The summed E-state index contributed by atoms with van der Waals surface area (Å²) in [6, 6.07) is 9.71. The summed E-state index contributed by atoms with van der Waals surface area (Å²) in [6.45, 7) is 1.50. The molecule has 1 fully saturated rings. The van der Waals surface area contributed by atoms with Crippen LogP contribution in [-0.2, 0) is 16.1 Å². The topological polar surface area (TPSA) is 82.2 Å². The molecule has 0 saturated carbocycles. The lowest BCUT2D eigenvalue weighted by molar-refractivity contribution is -0.129. The molecule has 2 aromatic rings. The Labute approximate surface area is 141 Å². The number of nitrogens with one attached hydrogen (secondary N) is 1. The second kappa shape index (κ2) is 7.59. The first-order valence-corrected chi connectivity index (χ1v) is 7.42. The third kappa shape index (κ3) is 3.90. The number of carbonyl (C=O) groups is 1. The number of aromatic nitrogens is 2. The van der Waals surface area contributed by atoms with Crippen molar-refractivity contribution < 1.29 is 9.53 Å². The molecule has 3 rings (SSSR count). The summed E-state index contributed by atoms with van der Waals surface area (Å²) in [6.07, 6.45) is 4.72. The predicted octanol–water partition coefficient (Wildman–Crippen LogP) is 1.42. The van der Waals surface area contributed by atoms with Crippen LogP contribution in [0.4, 0.5) is 0 Å². The van der Waals surface area contributed by atoms with Crippen LogP contribution in [-0.4, -0.2) is 34.4 Å². The number of hydrogen-bond donors (Lipinski definition) is 2. The number of para-hydroxylation sites is 1. The van der Waals surface area contributed by atoms with Crippen molar-refractivity contribution in [2.45, 2.75) is 24.9 Å². The molecule has 1 aliphatic heterocycles. The van der Waals surface area contributed by atoms with E-state index in [1.807, 2.05) is 36.5 Å². The molecule has 124 valence electrons. The number of benzene rings is 1. The molecule has 3 N–H and O–H groups in total. The van der Waals surface area contributed by atoms with Crippen molar-refractivity contribution in [1.29, 1.82) is 0 Å². The molecule has 0 spiro atoms. The summed E-state index contributed by atoms with van der Waals surface area (Å²) < 4.78 is 7.06. The van der Waals surface area contributed by atoms with Crippen molar-refractivity contribution in [3.63, 3.8) is 0 Å². The average molecular weight is 337 g/mol. The van der Waals surface area contributed by atoms with Gasteiger partial charge < -0.3 is 15.8 Å². The predicted molar refractivity (Wildman–Crippen MR) is 89.6 cm³/mol. The van der Waals surface area contributed by atoms with Gasteiger partial charge in [0.05, 0.1) is 11.2 Å². The summed E-state index contributed by atoms with van der Waals surface area (Å²) >= 11 is 0. The number of nitrogens with zero attached hydrogens (tertiary/aromatic N) is 2. The van der Waals surface area contributed by atoms with Crippen LogP contribution in [0.2, 0.25) is 0 Å². The fraction of sp³-hybridized carbons (Fsp3) is 0.375. The van der Waals surface area contributed by atoms with Crippen LogP contribution >= 0.6 is 12.4 Å². The van der Waals surface area contributed by atoms with Gasteiger partial charge in [-0.05, 0) is 30.5 Å². The van der Waals surface area contributed by atoms with Crippen LogP contribution < -0.4 is 11.1 Å². The molecule has 1 amide bonds. The largest absolute Gasteiger partial charge is 0.381 e. The van der Waals surface area contributed by atoms with Crippen molar-refractivity contribution in [2.75, 3.05) is 13.2 Å². The van der Waals surface area contributed by atoms with E-state index in [1.54, 1.807) is 10.9 Å². The van der Waals surface area contributed by atoms with Gasteiger partial charge in [-0.3, -0.25) is 4.79 Å². The zero-order chi connectivity index (χ0) is 15.4. The van der Waals surface area contributed by atoms with Gasteiger partial charge in [0.2, 0.25) is 5.91 Å². The maximum Gasteiger partial charge on any atom is 0.240 e. The van der Waals surface area contributed by atoms with Crippen molar-refractivity contribution in [1.82, 2.24) is 15.1 Å². The Kier molecular flexibility index (Phi) is 5.76. The molecule has 7 heteroatoms. The zero-order valence-electron chi connectivity index (χ0n) is 12.8. The van der Waals surface area contributed by atoms with Gasteiger partial charge in [0.15, 0.2) is 0 Å². The van der Waals surface area contributed by atoms with Crippen LogP contribution in [0.5, 0.6) is 0 Å². The van der Waals surface area contributed by atoms with Gasteiger partial charge in [0.25, 0.3) is 0 Å². The lowest BCUT2D eigenvalue weighted by Gasteiger charge is -2.31. The molecule has 1 aliphatic rings. The number of nitrogens with two attached hydrogens (primary N) is 1. The quantitative estimate of drug-likeness (QED) is 0.884. The van der Waals surface area contributed by atoms with Gasteiger partial charge in [0, 0.05) is 32.2 Å². The van der Waals surface area contributed by atoms with Gasteiger partial charge in [0.1, 0.15) is 0 Å². The van der Waals surface area contributed by atoms with E-state index in [0.717, 1.165) is 11.3 Å². The third-order valence-electron chi connectivity index (χ3n) is 4.02. The Balaban J connectivity index is 0.00000192. The average Bonchev–Trinajstić information content (AvgIpc) is 3.08. The minimum atomic E-state index is -0.821. The summed E-state index contributed by atoms with van der Waals surface area (Å²) in [5, 5.41) is 7.19. The highest BCUT2D eigenvalue weighted by Crippen LogP contribution is 2.19. The zero-order valence-corrected chi connectivity index (χ0v) is 13.6. The summed E-state index contributed by atoms with van der Waals surface area (Å²) in [5.41, 5.74) is 7.31. The molecule has 0 radical (unpaired) electrons. The van der Waals surface area contributed by atoms with E-state index in [1.165, 1.54) is 0 Å². The summed E-state index contributed by atoms with van der Waals surface area (Å²) in [5.74, 6) is -0.119. The van der Waals surface area contributed by atoms with Crippen LogP contribution in [0, 0.1) is 0 Å². The molecule has 2 heterocycles. The normalized spacial score (nSPS) is 16.4. The van der Waals surface area contributed by atoms with E-state index in [2.05, 4.69) is 10.4 Å². The second-order valence-corrected chi connectivity index (χ2v) is 5.53. The van der Waals surface area contributed by atoms with E-state index in [-0.39, 0.29) is 18.3 Å². The molecule has 0 aliphatic carbocycles. The van der Waals surface area contributed by atoms with Crippen molar-refractivity contribution in [3.8, 4) is 5.69 Å². The molecule has 0 bridgehead atoms. The van der Waals surface area contributed by atoms with E-state index < -0.39 is 5.54 Å². The van der Waals surface area contributed by atoms with Gasteiger partial charge >= 0.3 is 0 Å². The number of amides is 1. The van der Waals surface area contributed by atoms with E-state index in [9.17, 15) is 4.79 Å². The number of hydrogen-bond acceptors (Lipinski definition) is 4. The van der Waals surface area contributed by atoms with Crippen LogP contribution in [0.15, 0.2) is 42.7 Å². The fourth-order valence-electron chi connectivity index (χ4n) is 2.61. The Morgan fingerprint density at radius 2 is 2.04 bits per heavy atom. The first-order valence-electron chi connectivity index (χ1n) is 7.42. The maximum absolute atomic E-state index is 12.4. The van der Waals surface area contributed by atoms with Crippen molar-refractivity contribution in [3.05, 3.63) is 48.3 Å². The highest BCUT2D eigenvalue weighted by molar-refractivity contribution is 5.86. The third-order valence-corrected chi connectivity index (χ3v) is 4.02. The SMILES string of the molecule is Cl.NC1(C(=O)NCc2ccccc2-n2cccn2)CCOCC1. The Hall–Kier alpha value is -1.89. The van der Waals surface area contributed by atoms with Gasteiger partial charge in [-0.1, -0.05) is 18.2 Å². The molecule has 6 nitrogen and oxygen atoms in total. The van der Waals surface area contributed by atoms with Crippen molar-refractivity contribution >= 4 is 18.3 Å². The first kappa shape index (κ1) is 17.5. The molecule has 1 aromatic carbocycles. The molecule has 1 aromatic heterocycles. The van der Waals surface area contributed by atoms with Crippen molar-refractivity contribution in [2.24, 2.45) is 5.73 Å². The molecule has 0 atom stereocenters. The molecule has 1 saturated heterocycles. The van der Waals surface area contributed by atoms with Crippen LogP contribution in [0.3, 0.4) is 0 Å². The maximum atomic E-state index is 12.4. The lowest BCUT2D eigenvalue weighted by atomic mass is 9.90. The molecule has 0 unspecified atom stereocenters. The van der Waals surface area contributed by atoms with E-state index in [4.69, 9.17) is 10.5 Å². The number of halogens is 1. The monoisotopic (exact) mass is 336 g/mol.